The second-order valence-corrected chi connectivity index (χ2v) is 5.01. The van der Waals surface area contributed by atoms with E-state index in [1.54, 1.807) is 19.5 Å². The van der Waals surface area contributed by atoms with Gasteiger partial charge >= 0.3 is 0 Å². The first kappa shape index (κ1) is 15.3. The number of nitrogens with zero attached hydrogens (tertiary/aromatic N) is 3. The highest BCUT2D eigenvalue weighted by Crippen LogP contribution is 2.22. The summed E-state index contributed by atoms with van der Waals surface area (Å²) in [6.07, 6.45) is 4.23. The van der Waals surface area contributed by atoms with Gasteiger partial charge in [-0.05, 0) is 25.0 Å². The van der Waals surface area contributed by atoms with Crippen molar-refractivity contribution in [2.75, 3.05) is 19.1 Å². The fraction of sp³-hybridized carbons (Fsp3) is 0.375. The third-order valence-corrected chi connectivity index (χ3v) is 3.65. The van der Waals surface area contributed by atoms with E-state index in [-0.39, 0.29) is 6.04 Å². The van der Waals surface area contributed by atoms with Crippen LogP contribution in [0.4, 0.5) is 5.82 Å². The molecule has 0 bridgehead atoms. The summed E-state index contributed by atoms with van der Waals surface area (Å²) >= 11 is 0. The maximum atomic E-state index is 5.74. The Hall–Kier alpha value is -2.14. The summed E-state index contributed by atoms with van der Waals surface area (Å²) in [6, 6.07) is 8.33. The smallest absolute Gasteiger partial charge is 0.151 e. The molecule has 1 aromatic heterocycles. The maximum Gasteiger partial charge on any atom is 0.151 e. The first-order chi connectivity index (χ1) is 10.2. The molecule has 112 valence electrons. The summed E-state index contributed by atoms with van der Waals surface area (Å²) in [5.74, 6) is 1.75. The summed E-state index contributed by atoms with van der Waals surface area (Å²) in [5, 5.41) is 0. The van der Waals surface area contributed by atoms with Crippen molar-refractivity contribution < 1.29 is 4.74 Å². The van der Waals surface area contributed by atoms with Crippen molar-refractivity contribution >= 4 is 5.82 Å². The fourth-order valence-corrected chi connectivity index (χ4v) is 2.33. The van der Waals surface area contributed by atoms with Crippen molar-refractivity contribution in [2.45, 2.75) is 25.9 Å². The normalized spacial score (nSPS) is 12.0. The molecular formula is C16H22N4O. The average Bonchev–Trinajstić information content (AvgIpc) is 2.54. The van der Waals surface area contributed by atoms with Crippen LogP contribution in [-0.2, 0) is 13.0 Å². The summed E-state index contributed by atoms with van der Waals surface area (Å²) in [4.78, 5) is 10.8. The topological polar surface area (TPSA) is 64.3 Å². The Morgan fingerprint density at radius 3 is 2.67 bits per heavy atom. The molecule has 2 rings (SSSR count). The predicted molar refractivity (Wildman–Crippen MR) is 84.5 cm³/mol. The van der Waals surface area contributed by atoms with Gasteiger partial charge in [-0.25, -0.2) is 4.98 Å². The van der Waals surface area contributed by atoms with Gasteiger partial charge in [0.25, 0.3) is 0 Å². The minimum Gasteiger partial charge on any atom is -0.496 e. The van der Waals surface area contributed by atoms with E-state index in [2.05, 4.69) is 27.9 Å². The van der Waals surface area contributed by atoms with E-state index in [1.165, 1.54) is 5.56 Å². The molecule has 1 unspecified atom stereocenters. The molecule has 21 heavy (non-hydrogen) atoms. The maximum absolute atomic E-state index is 5.74. The van der Waals surface area contributed by atoms with Gasteiger partial charge < -0.3 is 15.4 Å². The molecule has 5 heteroatoms. The third kappa shape index (κ3) is 3.49. The van der Waals surface area contributed by atoms with Crippen LogP contribution in [0.25, 0.3) is 0 Å². The Morgan fingerprint density at radius 2 is 1.95 bits per heavy atom. The molecule has 0 saturated heterocycles. The molecule has 5 nitrogen and oxygen atoms in total. The van der Waals surface area contributed by atoms with Gasteiger partial charge in [-0.3, -0.25) is 4.98 Å². The van der Waals surface area contributed by atoms with Crippen LogP contribution in [0.5, 0.6) is 5.75 Å². The van der Waals surface area contributed by atoms with Crippen LogP contribution in [0.1, 0.15) is 18.2 Å². The SMILES string of the molecule is COc1ccccc1CC(C)N(C)c1nccnc1CN. The van der Waals surface area contributed by atoms with Crippen LogP contribution in [-0.4, -0.2) is 30.2 Å². The van der Waals surface area contributed by atoms with Gasteiger partial charge in [0.15, 0.2) is 5.82 Å². The van der Waals surface area contributed by atoms with Crippen LogP contribution in [0.3, 0.4) is 0 Å². The third-order valence-electron chi connectivity index (χ3n) is 3.65. The minimum absolute atomic E-state index is 0.253. The van der Waals surface area contributed by atoms with Gasteiger partial charge in [-0.15, -0.1) is 0 Å². The standard InChI is InChI=1S/C16H22N4O/c1-12(10-13-6-4-5-7-15(13)21-3)20(2)16-14(11-17)18-8-9-19-16/h4-9,12H,10-11,17H2,1-3H3. The van der Waals surface area contributed by atoms with E-state index >= 15 is 0 Å². The molecule has 0 radical (unpaired) electrons. The second kappa shape index (κ2) is 7.04. The summed E-state index contributed by atoms with van der Waals surface area (Å²) in [5.41, 5.74) is 7.73. The molecule has 0 aliphatic carbocycles. The number of para-hydroxylation sites is 1. The van der Waals surface area contributed by atoms with E-state index in [0.717, 1.165) is 23.7 Å². The quantitative estimate of drug-likeness (QED) is 0.880. The zero-order valence-corrected chi connectivity index (χ0v) is 12.8. The number of rotatable bonds is 6. The monoisotopic (exact) mass is 286 g/mol. The molecule has 0 amide bonds. The lowest BCUT2D eigenvalue weighted by molar-refractivity contribution is 0.408. The van der Waals surface area contributed by atoms with E-state index in [9.17, 15) is 0 Å². The molecular weight excluding hydrogens is 264 g/mol. The van der Waals surface area contributed by atoms with Crippen molar-refractivity contribution in [1.29, 1.82) is 0 Å². The van der Waals surface area contributed by atoms with Crippen LogP contribution >= 0.6 is 0 Å². The number of hydrogen-bond donors (Lipinski definition) is 1. The number of nitrogens with two attached hydrogens (primary N) is 1. The highest BCUT2D eigenvalue weighted by atomic mass is 16.5. The molecule has 1 atom stereocenters. The highest BCUT2D eigenvalue weighted by molar-refractivity contribution is 5.44. The number of ether oxygens (including phenoxy) is 1. The lowest BCUT2D eigenvalue weighted by Gasteiger charge is -2.27. The molecule has 0 aliphatic rings. The largest absolute Gasteiger partial charge is 0.496 e. The van der Waals surface area contributed by atoms with Crippen molar-refractivity contribution in [3.63, 3.8) is 0 Å². The molecule has 0 aliphatic heterocycles. The Labute approximate surface area is 125 Å². The predicted octanol–water partition coefficient (Wildman–Crippen LogP) is 2.01. The summed E-state index contributed by atoms with van der Waals surface area (Å²) in [6.45, 7) is 2.54. The zero-order valence-electron chi connectivity index (χ0n) is 12.8. The lowest BCUT2D eigenvalue weighted by atomic mass is 10.0. The van der Waals surface area contributed by atoms with Crippen LogP contribution in [0.2, 0.25) is 0 Å². The minimum atomic E-state index is 0.253. The van der Waals surface area contributed by atoms with Gasteiger partial charge in [-0.1, -0.05) is 18.2 Å². The number of anilines is 1. The Bertz CT molecular complexity index is 588. The Kier molecular flexibility index (Phi) is 5.11. The van der Waals surface area contributed by atoms with E-state index in [4.69, 9.17) is 10.5 Å². The van der Waals surface area contributed by atoms with Gasteiger partial charge in [-0.2, -0.15) is 0 Å². The summed E-state index contributed by atoms with van der Waals surface area (Å²) < 4.78 is 5.41. The van der Waals surface area contributed by atoms with Gasteiger partial charge in [0.05, 0.1) is 12.8 Å². The first-order valence-electron chi connectivity index (χ1n) is 7.02. The molecule has 1 aromatic carbocycles. The van der Waals surface area contributed by atoms with E-state index in [1.807, 2.05) is 25.2 Å². The molecule has 2 aromatic rings. The molecule has 2 N–H and O–H groups in total. The first-order valence-corrected chi connectivity index (χ1v) is 7.02. The van der Waals surface area contributed by atoms with E-state index < -0.39 is 0 Å². The number of aromatic nitrogens is 2. The van der Waals surface area contributed by atoms with Crippen LogP contribution in [0, 0.1) is 0 Å². The zero-order chi connectivity index (χ0) is 15.2. The molecule has 0 fully saturated rings. The van der Waals surface area contributed by atoms with E-state index in [0.29, 0.717) is 6.54 Å². The number of likely N-dealkylation sites (N-methyl/N-ethyl adjacent to an activating group) is 1. The molecule has 1 heterocycles. The van der Waals surface area contributed by atoms with Crippen molar-refractivity contribution in [3.05, 3.63) is 47.9 Å². The molecule has 0 saturated carbocycles. The average molecular weight is 286 g/mol. The number of methoxy groups -OCH3 is 1. The van der Waals surface area contributed by atoms with Crippen LogP contribution in [0.15, 0.2) is 36.7 Å². The van der Waals surface area contributed by atoms with Crippen molar-refractivity contribution in [1.82, 2.24) is 9.97 Å². The Morgan fingerprint density at radius 1 is 1.24 bits per heavy atom. The summed E-state index contributed by atoms with van der Waals surface area (Å²) in [7, 11) is 3.71. The van der Waals surface area contributed by atoms with Crippen LogP contribution < -0.4 is 15.4 Å². The van der Waals surface area contributed by atoms with Crippen molar-refractivity contribution in [3.8, 4) is 5.75 Å². The fourth-order valence-electron chi connectivity index (χ4n) is 2.33. The van der Waals surface area contributed by atoms with Gasteiger partial charge in [0.1, 0.15) is 5.75 Å². The lowest BCUT2D eigenvalue weighted by Crippen LogP contribution is -2.33. The van der Waals surface area contributed by atoms with Gasteiger partial charge in [0, 0.05) is 32.0 Å². The highest BCUT2D eigenvalue weighted by Gasteiger charge is 2.17. The molecule has 0 spiro atoms. The Balaban J connectivity index is 2.17. The number of hydrogen-bond acceptors (Lipinski definition) is 5. The number of benzene rings is 1. The van der Waals surface area contributed by atoms with Gasteiger partial charge in [0.2, 0.25) is 0 Å². The van der Waals surface area contributed by atoms with Crippen molar-refractivity contribution in [2.24, 2.45) is 5.73 Å². The second-order valence-electron chi connectivity index (χ2n) is 5.01.